The summed E-state index contributed by atoms with van der Waals surface area (Å²) in [6.07, 6.45) is 1.41. The summed E-state index contributed by atoms with van der Waals surface area (Å²) in [5.41, 5.74) is -0.265. The van der Waals surface area contributed by atoms with E-state index in [1.54, 1.807) is 0 Å². The van der Waals surface area contributed by atoms with Gasteiger partial charge in [0.05, 0.1) is 41.4 Å². The van der Waals surface area contributed by atoms with Crippen molar-refractivity contribution in [1.29, 1.82) is 0 Å². The van der Waals surface area contributed by atoms with Gasteiger partial charge in [0.1, 0.15) is 11.4 Å². The third-order valence-corrected chi connectivity index (χ3v) is 5.63. The Kier molecular flexibility index (Phi) is 6.73. The zero-order valence-electron chi connectivity index (χ0n) is 18.6. The van der Waals surface area contributed by atoms with Crippen LogP contribution in [0.1, 0.15) is 43.9 Å². The van der Waals surface area contributed by atoms with E-state index in [-0.39, 0.29) is 46.5 Å². The number of anilines is 1. The molecule has 2 aromatic carbocycles. The highest BCUT2D eigenvalue weighted by Gasteiger charge is 2.38. The van der Waals surface area contributed by atoms with E-state index in [0.717, 1.165) is 17.7 Å². The van der Waals surface area contributed by atoms with E-state index in [9.17, 15) is 29.3 Å². The monoisotopic (exact) mass is 483 g/mol. The molecule has 1 N–H and O–H groups in total. The summed E-state index contributed by atoms with van der Waals surface area (Å²) in [5, 5.41) is 13.5. The normalized spacial score (nSPS) is 16.7. The fourth-order valence-electron chi connectivity index (χ4n) is 3.88. The van der Waals surface area contributed by atoms with Crippen LogP contribution < -0.4 is 10.1 Å². The van der Waals surface area contributed by atoms with E-state index in [1.165, 1.54) is 43.5 Å². The van der Waals surface area contributed by atoms with Gasteiger partial charge >= 0.3 is 5.97 Å². The van der Waals surface area contributed by atoms with Crippen LogP contribution in [0.25, 0.3) is 0 Å². The van der Waals surface area contributed by atoms with Crippen molar-refractivity contribution in [3.63, 3.8) is 0 Å². The Morgan fingerprint density at radius 2 is 1.94 bits per heavy atom. The smallest absolute Gasteiger partial charge is 0.338 e. The molecule has 1 fully saturated rings. The Morgan fingerprint density at radius 1 is 1.17 bits per heavy atom. The van der Waals surface area contributed by atoms with Gasteiger partial charge in [-0.15, -0.1) is 0 Å². The number of imide groups is 1. The van der Waals surface area contributed by atoms with Crippen LogP contribution in [0.3, 0.4) is 0 Å². The zero-order valence-corrected chi connectivity index (χ0v) is 18.6. The number of hydrogen-bond donors (Lipinski definition) is 1. The minimum atomic E-state index is -0.902. The van der Waals surface area contributed by atoms with Gasteiger partial charge < -0.3 is 19.5 Å². The minimum absolute atomic E-state index is 0.0240. The Hall–Kier alpha value is -4.32. The molecular formula is C23H21N3O9. The van der Waals surface area contributed by atoms with Crippen LogP contribution in [0.2, 0.25) is 0 Å². The molecule has 2 aliphatic heterocycles. The highest BCUT2D eigenvalue weighted by atomic mass is 16.6. The first-order valence-corrected chi connectivity index (χ1v) is 10.7. The van der Waals surface area contributed by atoms with E-state index in [2.05, 4.69) is 5.32 Å². The fourth-order valence-corrected chi connectivity index (χ4v) is 3.88. The van der Waals surface area contributed by atoms with Crippen LogP contribution in [-0.4, -0.2) is 66.5 Å². The van der Waals surface area contributed by atoms with Crippen molar-refractivity contribution in [2.45, 2.75) is 18.9 Å². The van der Waals surface area contributed by atoms with Gasteiger partial charge in [0.15, 0.2) is 6.61 Å². The number of carbonyl (C=O) groups is 4. The highest BCUT2D eigenvalue weighted by Crippen LogP contribution is 2.29. The summed E-state index contributed by atoms with van der Waals surface area (Å²) in [6, 6.07) is 7.75. The predicted octanol–water partition coefficient (Wildman–Crippen LogP) is 2.17. The number of benzene rings is 2. The Labute approximate surface area is 198 Å². The summed E-state index contributed by atoms with van der Waals surface area (Å²) in [4.78, 5) is 61.7. The quantitative estimate of drug-likeness (QED) is 0.257. The van der Waals surface area contributed by atoms with E-state index < -0.39 is 35.2 Å². The van der Waals surface area contributed by atoms with Gasteiger partial charge in [-0.1, -0.05) is 0 Å². The van der Waals surface area contributed by atoms with Gasteiger partial charge in [-0.05, 0) is 37.1 Å². The summed E-state index contributed by atoms with van der Waals surface area (Å²) >= 11 is 0. The molecule has 0 spiro atoms. The van der Waals surface area contributed by atoms with Crippen LogP contribution in [-0.2, 0) is 14.3 Å². The molecule has 35 heavy (non-hydrogen) atoms. The number of nitro groups is 1. The number of rotatable bonds is 8. The molecule has 4 rings (SSSR count). The SMILES string of the molecule is COc1ccc([N+](=O)[O-])c(NC(=O)COC(=O)c2ccc3c(c2)C(=O)N(C[C@H]2CCCO2)C3=O)c1. The number of carbonyl (C=O) groups excluding carboxylic acids is 4. The van der Waals surface area contributed by atoms with Gasteiger partial charge in [-0.3, -0.25) is 29.4 Å². The first-order valence-electron chi connectivity index (χ1n) is 10.7. The molecule has 2 heterocycles. The van der Waals surface area contributed by atoms with Crippen LogP contribution in [0.4, 0.5) is 11.4 Å². The van der Waals surface area contributed by atoms with E-state index in [4.69, 9.17) is 14.2 Å². The first-order chi connectivity index (χ1) is 16.8. The Bertz CT molecular complexity index is 1220. The van der Waals surface area contributed by atoms with Gasteiger partial charge in [0, 0.05) is 18.7 Å². The molecule has 3 amide bonds. The summed E-state index contributed by atoms with van der Waals surface area (Å²) in [6.45, 7) is -0.00637. The lowest BCUT2D eigenvalue weighted by Crippen LogP contribution is -2.36. The second kappa shape index (κ2) is 9.89. The van der Waals surface area contributed by atoms with Crippen LogP contribution >= 0.6 is 0 Å². The second-order valence-corrected chi connectivity index (χ2v) is 7.88. The van der Waals surface area contributed by atoms with E-state index in [1.807, 2.05) is 0 Å². The van der Waals surface area contributed by atoms with Gasteiger partial charge in [-0.25, -0.2) is 4.79 Å². The van der Waals surface area contributed by atoms with Crippen LogP contribution in [0, 0.1) is 10.1 Å². The maximum atomic E-state index is 12.7. The number of methoxy groups -OCH3 is 1. The third kappa shape index (κ3) is 4.96. The molecular weight excluding hydrogens is 462 g/mol. The van der Waals surface area contributed by atoms with Crippen molar-refractivity contribution >= 4 is 35.1 Å². The molecule has 0 bridgehead atoms. The molecule has 2 aliphatic rings. The molecule has 0 aliphatic carbocycles. The number of nitrogens with one attached hydrogen (secondary N) is 1. The highest BCUT2D eigenvalue weighted by molar-refractivity contribution is 6.22. The molecule has 1 atom stereocenters. The van der Waals surface area contributed by atoms with Crippen molar-refractivity contribution < 1.29 is 38.3 Å². The van der Waals surface area contributed by atoms with Crippen molar-refractivity contribution in [2.24, 2.45) is 0 Å². The molecule has 2 aromatic rings. The Balaban J connectivity index is 1.40. The fraction of sp³-hybridized carbons (Fsp3) is 0.304. The average molecular weight is 483 g/mol. The molecule has 1 saturated heterocycles. The Morgan fingerprint density at radius 3 is 2.63 bits per heavy atom. The molecule has 12 nitrogen and oxygen atoms in total. The van der Waals surface area contributed by atoms with Crippen LogP contribution in [0.15, 0.2) is 36.4 Å². The number of nitro benzene ring substituents is 1. The number of ether oxygens (including phenoxy) is 3. The molecule has 182 valence electrons. The van der Waals surface area contributed by atoms with Crippen molar-refractivity contribution in [3.05, 3.63) is 63.2 Å². The number of amides is 3. The minimum Gasteiger partial charge on any atom is -0.497 e. The third-order valence-electron chi connectivity index (χ3n) is 5.63. The van der Waals surface area contributed by atoms with Gasteiger partial charge in [0.25, 0.3) is 23.4 Å². The van der Waals surface area contributed by atoms with Gasteiger partial charge in [0.2, 0.25) is 0 Å². The van der Waals surface area contributed by atoms with E-state index >= 15 is 0 Å². The number of hydrogen-bond acceptors (Lipinski definition) is 9. The average Bonchev–Trinajstić information content (AvgIpc) is 3.45. The maximum Gasteiger partial charge on any atom is 0.338 e. The molecule has 0 unspecified atom stereocenters. The molecule has 0 saturated carbocycles. The van der Waals surface area contributed by atoms with E-state index in [0.29, 0.717) is 6.61 Å². The standard InChI is InChI=1S/C23H21N3O9/c1-33-14-5-7-19(26(31)32)18(10-14)24-20(27)12-35-23(30)13-4-6-16-17(9-13)22(29)25(21(16)28)11-15-3-2-8-34-15/h4-7,9-10,15H,2-3,8,11-12H2,1H3,(H,24,27)/t15-/m1/s1. The lowest BCUT2D eigenvalue weighted by molar-refractivity contribution is -0.383. The van der Waals surface area contributed by atoms with Crippen molar-refractivity contribution in [3.8, 4) is 5.75 Å². The topological polar surface area (TPSA) is 154 Å². The summed E-state index contributed by atoms with van der Waals surface area (Å²) in [7, 11) is 1.37. The lowest BCUT2D eigenvalue weighted by Gasteiger charge is -2.17. The van der Waals surface area contributed by atoms with Crippen LogP contribution in [0.5, 0.6) is 5.75 Å². The summed E-state index contributed by atoms with van der Waals surface area (Å²) < 4.78 is 15.5. The molecule has 12 heteroatoms. The van der Waals surface area contributed by atoms with Gasteiger partial charge in [-0.2, -0.15) is 0 Å². The number of esters is 1. The first kappa shape index (κ1) is 23.8. The number of nitrogens with zero attached hydrogens (tertiary/aromatic N) is 2. The lowest BCUT2D eigenvalue weighted by atomic mass is 10.1. The summed E-state index contributed by atoms with van der Waals surface area (Å²) in [5.74, 6) is -2.42. The van der Waals surface area contributed by atoms with Crippen molar-refractivity contribution in [1.82, 2.24) is 4.90 Å². The number of fused-ring (bicyclic) bond motifs is 1. The predicted molar refractivity (Wildman–Crippen MR) is 119 cm³/mol. The maximum absolute atomic E-state index is 12.7. The molecule has 0 radical (unpaired) electrons. The second-order valence-electron chi connectivity index (χ2n) is 7.88. The molecule has 0 aromatic heterocycles. The largest absolute Gasteiger partial charge is 0.497 e. The van der Waals surface area contributed by atoms with Crippen molar-refractivity contribution in [2.75, 3.05) is 32.2 Å². The zero-order chi connectivity index (χ0) is 25.1.